The Morgan fingerprint density at radius 2 is 1.68 bits per heavy atom. The molecule has 5 heteroatoms. The summed E-state index contributed by atoms with van der Waals surface area (Å²) in [4.78, 5) is 36.3. The Kier molecular flexibility index (Phi) is 6.24. The van der Waals surface area contributed by atoms with Crippen LogP contribution in [0.3, 0.4) is 0 Å². The minimum absolute atomic E-state index is 0.0351. The number of amides is 1. The van der Waals surface area contributed by atoms with Crippen LogP contribution in [0.2, 0.25) is 0 Å². The summed E-state index contributed by atoms with van der Waals surface area (Å²) in [6.07, 6.45) is 3.25. The van der Waals surface area contributed by atoms with Crippen molar-refractivity contribution in [2.24, 2.45) is 0 Å². The number of hydrogen-bond acceptors (Lipinski definition) is 4. The maximum Gasteiger partial charge on any atom is 0.306 e. The number of ketones is 1. The Balaban J connectivity index is 1.44. The van der Waals surface area contributed by atoms with Crippen LogP contribution in [0.5, 0.6) is 0 Å². The van der Waals surface area contributed by atoms with Gasteiger partial charge in [0.15, 0.2) is 12.4 Å². The Hall–Kier alpha value is -2.95. The van der Waals surface area contributed by atoms with E-state index in [0.29, 0.717) is 5.56 Å². The van der Waals surface area contributed by atoms with Crippen LogP contribution in [0, 0.1) is 13.8 Å². The van der Waals surface area contributed by atoms with Gasteiger partial charge in [0.1, 0.15) is 0 Å². The molecule has 0 atom stereocenters. The number of aryl methyl sites for hydroxylation is 4. The van der Waals surface area contributed by atoms with Gasteiger partial charge in [0.05, 0.1) is 6.42 Å². The predicted molar refractivity (Wildman–Crippen MR) is 108 cm³/mol. The Labute approximate surface area is 165 Å². The second kappa shape index (κ2) is 8.83. The zero-order valence-corrected chi connectivity index (χ0v) is 16.3. The van der Waals surface area contributed by atoms with E-state index in [-0.39, 0.29) is 25.2 Å². The van der Waals surface area contributed by atoms with Gasteiger partial charge in [-0.05, 0) is 61.4 Å². The smallest absolute Gasteiger partial charge is 0.306 e. The van der Waals surface area contributed by atoms with E-state index in [2.05, 4.69) is 5.32 Å². The number of anilines is 1. The molecule has 0 unspecified atom stereocenters. The van der Waals surface area contributed by atoms with Crippen molar-refractivity contribution in [1.82, 2.24) is 0 Å². The van der Waals surface area contributed by atoms with Crippen LogP contribution >= 0.6 is 0 Å². The van der Waals surface area contributed by atoms with Crippen LogP contribution < -0.4 is 5.32 Å². The van der Waals surface area contributed by atoms with Crippen LogP contribution in [0.15, 0.2) is 36.4 Å². The molecule has 3 rings (SSSR count). The largest absolute Gasteiger partial charge is 0.456 e. The van der Waals surface area contributed by atoms with Crippen molar-refractivity contribution in [3.05, 3.63) is 64.2 Å². The molecule has 0 saturated heterocycles. The highest BCUT2D eigenvalue weighted by Gasteiger charge is 2.16. The number of carbonyl (C=O) groups is 3. The van der Waals surface area contributed by atoms with Gasteiger partial charge in [0.25, 0.3) is 5.91 Å². The first-order valence-electron chi connectivity index (χ1n) is 9.60. The summed E-state index contributed by atoms with van der Waals surface area (Å²) in [5.41, 5.74) is 5.80. The van der Waals surface area contributed by atoms with E-state index in [1.54, 1.807) is 0 Å². The average molecular weight is 379 g/mol. The first kappa shape index (κ1) is 19.8. The van der Waals surface area contributed by atoms with E-state index in [1.165, 1.54) is 11.1 Å². The van der Waals surface area contributed by atoms with Crippen molar-refractivity contribution >= 4 is 23.3 Å². The maximum absolute atomic E-state index is 12.3. The third kappa shape index (κ3) is 4.85. The molecule has 0 radical (unpaired) electrons. The van der Waals surface area contributed by atoms with Crippen molar-refractivity contribution in [3.63, 3.8) is 0 Å². The second-order valence-corrected chi connectivity index (χ2v) is 7.24. The SMILES string of the molecule is Cc1cccc(C)c1NC(=O)COC(=O)CCC(=O)c1ccc2c(c1)CCC2. The van der Waals surface area contributed by atoms with Gasteiger partial charge in [0, 0.05) is 17.7 Å². The second-order valence-electron chi connectivity index (χ2n) is 7.24. The number of carbonyl (C=O) groups excluding carboxylic acids is 3. The Morgan fingerprint density at radius 1 is 0.964 bits per heavy atom. The van der Waals surface area contributed by atoms with Gasteiger partial charge in [-0.1, -0.05) is 30.3 Å². The molecule has 0 spiro atoms. The number of esters is 1. The van der Waals surface area contributed by atoms with E-state index in [1.807, 2.05) is 50.2 Å². The molecule has 2 aromatic rings. The molecule has 0 fully saturated rings. The third-order valence-electron chi connectivity index (χ3n) is 5.09. The van der Waals surface area contributed by atoms with E-state index in [4.69, 9.17) is 4.74 Å². The fourth-order valence-electron chi connectivity index (χ4n) is 3.51. The molecule has 1 N–H and O–H groups in total. The van der Waals surface area contributed by atoms with Gasteiger partial charge >= 0.3 is 5.97 Å². The number of ether oxygens (including phenoxy) is 1. The molecular weight excluding hydrogens is 354 g/mol. The fourth-order valence-corrected chi connectivity index (χ4v) is 3.51. The zero-order chi connectivity index (χ0) is 20.1. The molecule has 0 heterocycles. The molecule has 28 heavy (non-hydrogen) atoms. The lowest BCUT2D eigenvalue weighted by Crippen LogP contribution is -2.22. The molecule has 0 bridgehead atoms. The summed E-state index contributed by atoms with van der Waals surface area (Å²) in [5, 5.41) is 2.77. The lowest BCUT2D eigenvalue weighted by atomic mass is 10.0. The summed E-state index contributed by atoms with van der Waals surface area (Å²) in [7, 11) is 0. The highest BCUT2D eigenvalue weighted by atomic mass is 16.5. The van der Waals surface area contributed by atoms with Gasteiger partial charge in [0.2, 0.25) is 0 Å². The number of fused-ring (bicyclic) bond motifs is 1. The minimum atomic E-state index is -0.550. The number of rotatable bonds is 7. The van der Waals surface area contributed by atoms with E-state index < -0.39 is 11.9 Å². The highest BCUT2D eigenvalue weighted by molar-refractivity contribution is 5.98. The standard InChI is InChI=1S/C23H25NO4/c1-15-5-3-6-16(2)23(15)24-21(26)14-28-22(27)12-11-20(25)19-10-9-17-7-4-8-18(17)13-19/h3,5-6,9-10,13H,4,7-8,11-12,14H2,1-2H3,(H,24,26). The molecule has 1 amide bonds. The monoisotopic (exact) mass is 379 g/mol. The lowest BCUT2D eigenvalue weighted by molar-refractivity contribution is -0.147. The summed E-state index contributed by atoms with van der Waals surface area (Å²) < 4.78 is 5.01. The molecule has 5 nitrogen and oxygen atoms in total. The number of hydrogen-bond donors (Lipinski definition) is 1. The van der Waals surface area contributed by atoms with Crippen LogP contribution in [-0.2, 0) is 27.2 Å². The summed E-state index contributed by atoms with van der Waals surface area (Å²) in [5.74, 6) is -1.02. The van der Waals surface area contributed by atoms with Crippen molar-refractivity contribution in [3.8, 4) is 0 Å². The van der Waals surface area contributed by atoms with Crippen molar-refractivity contribution < 1.29 is 19.1 Å². The van der Waals surface area contributed by atoms with Crippen LogP contribution in [0.25, 0.3) is 0 Å². The van der Waals surface area contributed by atoms with Gasteiger partial charge < -0.3 is 10.1 Å². The van der Waals surface area contributed by atoms with E-state index in [0.717, 1.165) is 36.1 Å². The Morgan fingerprint density at radius 3 is 2.43 bits per heavy atom. The molecule has 0 aliphatic heterocycles. The number of nitrogens with one attached hydrogen (secondary N) is 1. The molecule has 1 aliphatic rings. The quantitative estimate of drug-likeness (QED) is 0.584. The number of benzene rings is 2. The van der Waals surface area contributed by atoms with Crippen LogP contribution in [0.4, 0.5) is 5.69 Å². The lowest BCUT2D eigenvalue weighted by Gasteiger charge is -2.11. The third-order valence-corrected chi connectivity index (χ3v) is 5.09. The van der Waals surface area contributed by atoms with Crippen LogP contribution in [-0.4, -0.2) is 24.3 Å². The van der Waals surface area contributed by atoms with Crippen molar-refractivity contribution in [2.45, 2.75) is 46.0 Å². The summed E-state index contributed by atoms with van der Waals surface area (Å²) in [6, 6.07) is 11.5. The Bertz CT molecular complexity index is 897. The molecule has 2 aromatic carbocycles. The number of Topliss-reactive ketones (excluding diaryl/α,β-unsaturated/α-hetero) is 1. The minimum Gasteiger partial charge on any atom is -0.456 e. The first-order chi connectivity index (χ1) is 13.4. The van der Waals surface area contributed by atoms with E-state index in [9.17, 15) is 14.4 Å². The highest BCUT2D eigenvalue weighted by Crippen LogP contribution is 2.23. The summed E-state index contributed by atoms with van der Waals surface area (Å²) in [6.45, 7) is 3.44. The normalized spacial score (nSPS) is 12.4. The zero-order valence-electron chi connectivity index (χ0n) is 16.3. The van der Waals surface area contributed by atoms with Crippen molar-refractivity contribution in [2.75, 3.05) is 11.9 Å². The van der Waals surface area contributed by atoms with Gasteiger partial charge in [-0.3, -0.25) is 14.4 Å². The van der Waals surface area contributed by atoms with E-state index >= 15 is 0 Å². The van der Waals surface area contributed by atoms with Gasteiger partial charge in [-0.2, -0.15) is 0 Å². The maximum atomic E-state index is 12.3. The summed E-state index contributed by atoms with van der Waals surface area (Å²) >= 11 is 0. The van der Waals surface area contributed by atoms with Gasteiger partial charge in [-0.25, -0.2) is 0 Å². The fraction of sp³-hybridized carbons (Fsp3) is 0.348. The van der Waals surface area contributed by atoms with Crippen molar-refractivity contribution in [1.29, 1.82) is 0 Å². The van der Waals surface area contributed by atoms with Crippen LogP contribution in [0.1, 0.15) is 51.9 Å². The topological polar surface area (TPSA) is 72.5 Å². The average Bonchev–Trinajstić information content (AvgIpc) is 3.15. The molecule has 1 aliphatic carbocycles. The molecule has 0 aromatic heterocycles. The molecule has 0 saturated carbocycles. The molecular formula is C23H25NO4. The predicted octanol–water partition coefficient (Wildman–Crippen LogP) is 3.94. The first-order valence-corrected chi connectivity index (χ1v) is 9.60. The molecule has 146 valence electrons. The van der Waals surface area contributed by atoms with Gasteiger partial charge in [-0.15, -0.1) is 0 Å². The number of para-hydroxylation sites is 1.